The van der Waals surface area contributed by atoms with E-state index in [4.69, 9.17) is 16.3 Å². The molecule has 9 heteroatoms. The molecule has 1 N–H and O–H groups in total. The molecule has 34 heavy (non-hydrogen) atoms. The molecule has 1 aromatic heterocycles. The number of hydrogen-bond donors (Lipinski definition) is 1. The van der Waals surface area contributed by atoms with Crippen molar-refractivity contribution >= 4 is 28.9 Å². The van der Waals surface area contributed by atoms with Crippen LogP contribution in [0.2, 0.25) is 5.02 Å². The molecule has 2 aromatic rings. The van der Waals surface area contributed by atoms with Gasteiger partial charge in [-0.05, 0) is 78.5 Å². The van der Waals surface area contributed by atoms with Gasteiger partial charge in [0.05, 0.1) is 18.1 Å². The van der Waals surface area contributed by atoms with E-state index in [1.165, 1.54) is 17.0 Å². The lowest BCUT2D eigenvalue weighted by atomic mass is 9.90. The minimum Gasteiger partial charge on any atom is -0.598 e. The first-order chi connectivity index (χ1) is 15.7. The molecule has 2 atom stereocenters. The van der Waals surface area contributed by atoms with Gasteiger partial charge < -0.3 is 9.29 Å². The number of esters is 1. The first kappa shape index (κ1) is 26.7. The zero-order chi connectivity index (χ0) is 25.3. The smallest absolute Gasteiger partial charge is 0.326 e. The van der Waals surface area contributed by atoms with Crippen molar-refractivity contribution in [3.63, 3.8) is 0 Å². The molecule has 1 heterocycles. The lowest BCUT2D eigenvalue weighted by Crippen LogP contribution is -2.42. The van der Waals surface area contributed by atoms with Crippen LogP contribution in [0.1, 0.15) is 78.1 Å². The number of nitrogens with one attached hydrogen (secondary N) is 1. The van der Waals surface area contributed by atoms with Gasteiger partial charge in [-0.1, -0.05) is 23.7 Å². The van der Waals surface area contributed by atoms with Gasteiger partial charge in [-0.25, -0.2) is 4.98 Å². The van der Waals surface area contributed by atoms with Crippen LogP contribution in [0.5, 0.6) is 0 Å². The zero-order valence-corrected chi connectivity index (χ0v) is 22.3. The lowest BCUT2D eigenvalue weighted by molar-refractivity contribution is -0.155. The summed E-state index contributed by atoms with van der Waals surface area (Å²) in [7, 11) is 0. The van der Waals surface area contributed by atoms with Gasteiger partial charge in [0.25, 0.3) is 5.56 Å². The number of aromatic nitrogens is 2. The monoisotopic (exact) mass is 507 g/mol. The van der Waals surface area contributed by atoms with E-state index < -0.39 is 27.7 Å². The van der Waals surface area contributed by atoms with Gasteiger partial charge in [-0.15, -0.1) is 4.72 Å². The molecule has 0 saturated heterocycles. The van der Waals surface area contributed by atoms with Crippen molar-refractivity contribution in [1.82, 2.24) is 14.3 Å². The van der Waals surface area contributed by atoms with Crippen LogP contribution in [0.4, 0.5) is 0 Å². The summed E-state index contributed by atoms with van der Waals surface area (Å²) in [6.07, 6.45) is 3.81. The van der Waals surface area contributed by atoms with Crippen LogP contribution < -0.4 is 10.3 Å². The Morgan fingerprint density at radius 2 is 1.85 bits per heavy atom. The highest BCUT2D eigenvalue weighted by molar-refractivity contribution is 7.90. The van der Waals surface area contributed by atoms with Crippen LogP contribution in [0.15, 0.2) is 41.5 Å². The number of nitrogens with zero attached hydrogens (tertiary/aromatic N) is 2. The van der Waals surface area contributed by atoms with E-state index in [-0.39, 0.29) is 23.6 Å². The Labute approximate surface area is 209 Å². The number of halogens is 1. The van der Waals surface area contributed by atoms with Gasteiger partial charge in [-0.2, -0.15) is 0 Å². The van der Waals surface area contributed by atoms with Crippen LogP contribution >= 0.6 is 11.6 Å². The predicted octanol–water partition coefficient (Wildman–Crippen LogP) is 4.45. The summed E-state index contributed by atoms with van der Waals surface area (Å²) in [4.78, 5) is 29.4. The molecule has 0 bridgehead atoms. The summed E-state index contributed by atoms with van der Waals surface area (Å²) in [5, 5.41) is 0.635. The molecular weight excluding hydrogens is 474 g/mol. The Balaban J connectivity index is 1.82. The van der Waals surface area contributed by atoms with E-state index in [1.54, 1.807) is 20.8 Å². The number of ether oxygens (including phenoxy) is 1. The molecular formula is C25H34ClN3O4S. The number of hydrogen-bond acceptors (Lipinski definition) is 6. The largest absolute Gasteiger partial charge is 0.598 e. The second-order valence-corrected chi connectivity index (χ2v) is 13.3. The molecule has 7 nitrogen and oxygen atoms in total. The summed E-state index contributed by atoms with van der Waals surface area (Å²) in [6.45, 7) is 10.9. The summed E-state index contributed by atoms with van der Waals surface area (Å²) in [6, 6.07) is 8.81. The van der Waals surface area contributed by atoms with Crippen LogP contribution in [0.25, 0.3) is 0 Å². The average Bonchev–Trinajstić information content (AvgIpc) is 3.48. The topological polar surface area (TPSA) is 96.3 Å². The second-order valence-electron chi connectivity index (χ2n) is 10.9. The normalized spacial score (nSPS) is 17.2. The Morgan fingerprint density at radius 1 is 1.24 bits per heavy atom. The van der Waals surface area contributed by atoms with Crippen LogP contribution in [-0.4, -0.2) is 30.4 Å². The van der Waals surface area contributed by atoms with E-state index in [0.717, 1.165) is 18.4 Å². The first-order valence-electron chi connectivity index (χ1n) is 11.4. The maximum absolute atomic E-state index is 12.9. The molecule has 1 fully saturated rings. The number of benzene rings is 1. The minimum absolute atomic E-state index is 0.185. The Kier molecular flexibility index (Phi) is 7.87. The van der Waals surface area contributed by atoms with E-state index in [2.05, 4.69) is 9.71 Å². The quantitative estimate of drug-likeness (QED) is 0.418. The maximum atomic E-state index is 12.9. The van der Waals surface area contributed by atoms with E-state index in [1.807, 2.05) is 45.0 Å². The molecule has 1 aromatic carbocycles. The van der Waals surface area contributed by atoms with Crippen molar-refractivity contribution in [3.05, 3.63) is 63.3 Å². The highest BCUT2D eigenvalue weighted by Crippen LogP contribution is 2.53. The third kappa shape index (κ3) is 7.07. The first-order valence-corrected chi connectivity index (χ1v) is 12.9. The summed E-state index contributed by atoms with van der Waals surface area (Å²) in [5.74, 6) is -0.484. The van der Waals surface area contributed by atoms with Gasteiger partial charge >= 0.3 is 5.97 Å². The molecule has 1 saturated carbocycles. The van der Waals surface area contributed by atoms with Crippen molar-refractivity contribution in [1.29, 1.82) is 0 Å². The maximum Gasteiger partial charge on any atom is 0.326 e. The van der Waals surface area contributed by atoms with Gasteiger partial charge in [0, 0.05) is 27.9 Å². The molecule has 0 spiro atoms. The highest BCUT2D eigenvalue weighted by Gasteiger charge is 2.48. The van der Waals surface area contributed by atoms with E-state index in [0.29, 0.717) is 17.1 Å². The van der Waals surface area contributed by atoms with Gasteiger partial charge in [-0.3, -0.25) is 14.2 Å². The van der Waals surface area contributed by atoms with Crippen LogP contribution in [0.3, 0.4) is 0 Å². The van der Waals surface area contributed by atoms with Crippen molar-refractivity contribution in [2.24, 2.45) is 0 Å². The fourth-order valence-electron chi connectivity index (χ4n) is 3.68. The fourth-order valence-corrected chi connectivity index (χ4v) is 4.64. The average molecular weight is 508 g/mol. The van der Waals surface area contributed by atoms with Crippen molar-refractivity contribution in [2.45, 2.75) is 89.2 Å². The molecule has 0 amide bonds. The summed E-state index contributed by atoms with van der Waals surface area (Å²) >= 11 is 4.80. The Bertz CT molecular complexity index is 1070. The molecule has 0 radical (unpaired) electrons. The minimum atomic E-state index is -1.28. The second kappa shape index (κ2) is 10.0. The fraction of sp³-hybridized carbons (Fsp3) is 0.560. The third-order valence-corrected chi connectivity index (χ3v) is 7.53. The van der Waals surface area contributed by atoms with Crippen molar-refractivity contribution in [2.75, 3.05) is 0 Å². The molecule has 0 aliphatic heterocycles. The number of carbonyl (C=O) groups excluding carboxylic acids is 1. The third-order valence-electron chi connectivity index (χ3n) is 5.67. The summed E-state index contributed by atoms with van der Waals surface area (Å²) in [5.41, 5.74) is 0.468. The molecule has 1 aliphatic carbocycles. The number of carbonyl (C=O) groups is 1. The standard InChI is InChI=1S/C25H34ClN3O4S/c1-23(2,3)33-22(31)15-29-16-27-20(13-21(29)30)25(11-12-25)14-19(28-34(32)24(4,5)6)17-7-9-18(26)10-8-17/h7-10,13,16,19,28H,11-12,14-15H2,1-6H3/t19-,34?/m0/s1. The predicted molar refractivity (Wildman–Crippen MR) is 135 cm³/mol. The van der Waals surface area contributed by atoms with E-state index in [9.17, 15) is 14.1 Å². The molecule has 1 unspecified atom stereocenters. The van der Waals surface area contributed by atoms with Crippen LogP contribution in [-0.2, 0) is 32.9 Å². The highest BCUT2D eigenvalue weighted by atomic mass is 35.5. The molecule has 3 rings (SSSR count). The summed E-state index contributed by atoms with van der Waals surface area (Å²) < 4.78 is 22.3. The van der Waals surface area contributed by atoms with Gasteiger partial charge in [0.2, 0.25) is 0 Å². The lowest BCUT2D eigenvalue weighted by Gasteiger charge is -2.30. The van der Waals surface area contributed by atoms with Crippen LogP contribution in [0, 0.1) is 0 Å². The van der Waals surface area contributed by atoms with E-state index >= 15 is 0 Å². The SMILES string of the molecule is CC(C)(C)OC(=O)Cn1cnc(C2(C[C@H](N[S+]([O-])C(C)(C)C)c3ccc(Cl)cc3)CC2)cc1=O. The zero-order valence-electron chi connectivity index (χ0n) is 20.7. The van der Waals surface area contributed by atoms with Crippen molar-refractivity contribution in [3.8, 4) is 0 Å². The number of rotatable bonds is 8. The van der Waals surface area contributed by atoms with Crippen molar-refractivity contribution < 1.29 is 14.1 Å². The van der Waals surface area contributed by atoms with Gasteiger partial charge in [0.15, 0.2) is 0 Å². The Hall–Kier alpha value is -1.87. The molecule has 1 aliphatic rings. The molecule has 186 valence electrons. The van der Waals surface area contributed by atoms with Gasteiger partial charge in [0.1, 0.15) is 16.9 Å². The Morgan fingerprint density at radius 3 is 2.35 bits per heavy atom.